The molecular weight excluding hydrogens is 234 g/mol. The summed E-state index contributed by atoms with van der Waals surface area (Å²) in [5, 5.41) is 8.51. The number of aliphatic hydroxyl groups is 1. The summed E-state index contributed by atoms with van der Waals surface area (Å²) >= 11 is 0. The average Bonchev–Trinajstić information content (AvgIpc) is 2.23. The van der Waals surface area contributed by atoms with E-state index in [0.717, 1.165) is 0 Å². The van der Waals surface area contributed by atoms with Crippen molar-refractivity contribution in [3.05, 3.63) is 0 Å². The van der Waals surface area contributed by atoms with E-state index in [9.17, 15) is 8.42 Å². The van der Waals surface area contributed by atoms with Crippen molar-refractivity contribution in [1.82, 2.24) is 4.72 Å². The summed E-state index contributed by atoms with van der Waals surface area (Å²) in [5.74, 6) is 0.0473. The second kappa shape index (κ2) is 9.98. The van der Waals surface area contributed by atoms with Crippen molar-refractivity contribution in [2.24, 2.45) is 0 Å². The standard InChI is InChI=1S/C9H21NO5S/c1-14-7-8-15-6-4-10-16(12,13)9-3-2-5-11/h10-11H,2-9H2,1H3. The predicted octanol–water partition coefficient (Wildman–Crippen LogP) is -0.659. The van der Waals surface area contributed by atoms with Gasteiger partial charge in [0.1, 0.15) is 0 Å². The van der Waals surface area contributed by atoms with Gasteiger partial charge in [-0.15, -0.1) is 0 Å². The first-order valence-corrected chi connectivity index (χ1v) is 6.92. The molecule has 0 aliphatic heterocycles. The van der Waals surface area contributed by atoms with Gasteiger partial charge in [0.25, 0.3) is 0 Å². The van der Waals surface area contributed by atoms with Crippen molar-refractivity contribution in [1.29, 1.82) is 0 Å². The molecule has 0 amide bonds. The normalized spacial score (nSPS) is 11.9. The van der Waals surface area contributed by atoms with Gasteiger partial charge in [-0.25, -0.2) is 13.1 Å². The first-order valence-electron chi connectivity index (χ1n) is 5.27. The molecule has 6 nitrogen and oxygen atoms in total. The number of ether oxygens (including phenoxy) is 2. The van der Waals surface area contributed by atoms with E-state index < -0.39 is 10.0 Å². The highest BCUT2D eigenvalue weighted by atomic mass is 32.2. The van der Waals surface area contributed by atoms with Crippen molar-refractivity contribution in [3.63, 3.8) is 0 Å². The fourth-order valence-electron chi connectivity index (χ4n) is 0.990. The van der Waals surface area contributed by atoms with Gasteiger partial charge in [-0.1, -0.05) is 0 Å². The lowest BCUT2D eigenvalue weighted by Gasteiger charge is -2.06. The Morgan fingerprint density at radius 3 is 2.56 bits per heavy atom. The maximum absolute atomic E-state index is 11.3. The molecule has 0 aliphatic rings. The number of methoxy groups -OCH3 is 1. The molecular formula is C9H21NO5S. The zero-order chi connectivity index (χ0) is 12.3. The van der Waals surface area contributed by atoms with E-state index in [2.05, 4.69) is 4.72 Å². The van der Waals surface area contributed by atoms with Gasteiger partial charge >= 0.3 is 0 Å². The van der Waals surface area contributed by atoms with E-state index in [1.807, 2.05) is 0 Å². The minimum Gasteiger partial charge on any atom is -0.396 e. The van der Waals surface area contributed by atoms with Crippen LogP contribution in [0.3, 0.4) is 0 Å². The molecule has 0 fully saturated rings. The Labute approximate surface area is 97.0 Å². The van der Waals surface area contributed by atoms with Crippen LogP contribution in [0, 0.1) is 0 Å². The fourth-order valence-corrected chi connectivity index (χ4v) is 2.11. The highest BCUT2D eigenvalue weighted by molar-refractivity contribution is 7.89. The summed E-state index contributed by atoms with van der Waals surface area (Å²) in [5.41, 5.74) is 0. The van der Waals surface area contributed by atoms with Crippen molar-refractivity contribution in [2.45, 2.75) is 12.8 Å². The minimum absolute atomic E-state index is 0.0235. The van der Waals surface area contributed by atoms with Crippen molar-refractivity contribution in [2.75, 3.05) is 45.8 Å². The Morgan fingerprint density at radius 2 is 1.94 bits per heavy atom. The smallest absolute Gasteiger partial charge is 0.211 e. The number of unbranched alkanes of at least 4 members (excludes halogenated alkanes) is 1. The van der Waals surface area contributed by atoms with Crippen LogP contribution in [0.5, 0.6) is 0 Å². The molecule has 98 valence electrons. The van der Waals surface area contributed by atoms with Crippen molar-refractivity contribution >= 4 is 10.0 Å². The predicted molar refractivity (Wildman–Crippen MR) is 60.8 cm³/mol. The molecule has 0 bridgehead atoms. The molecule has 0 saturated heterocycles. The zero-order valence-electron chi connectivity index (χ0n) is 9.65. The second-order valence-electron chi connectivity index (χ2n) is 3.25. The Hall–Kier alpha value is -0.210. The van der Waals surface area contributed by atoms with Gasteiger partial charge in [0.2, 0.25) is 10.0 Å². The Bertz CT molecular complexity index is 242. The fraction of sp³-hybridized carbons (Fsp3) is 1.00. The molecule has 0 rings (SSSR count). The molecule has 0 saturated carbocycles. The zero-order valence-corrected chi connectivity index (χ0v) is 10.5. The third kappa shape index (κ3) is 10.3. The van der Waals surface area contributed by atoms with Crippen LogP contribution in [0.2, 0.25) is 0 Å². The first-order chi connectivity index (χ1) is 7.62. The van der Waals surface area contributed by atoms with E-state index in [1.54, 1.807) is 7.11 Å². The molecule has 7 heteroatoms. The Morgan fingerprint density at radius 1 is 1.19 bits per heavy atom. The summed E-state index contributed by atoms with van der Waals surface area (Å²) in [6.45, 7) is 1.59. The minimum atomic E-state index is -3.22. The number of hydrogen-bond acceptors (Lipinski definition) is 5. The molecule has 2 N–H and O–H groups in total. The second-order valence-corrected chi connectivity index (χ2v) is 5.18. The largest absolute Gasteiger partial charge is 0.396 e. The molecule has 0 aromatic carbocycles. The molecule has 0 spiro atoms. The molecule has 0 heterocycles. The van der Waals surface area contributed by atoms with Crippen LogP contribution in [-0.4, -0.2) is 59.4 Å². The Kier molecular flexibility index (Phi) is 9.85. The molecule has 0 radical (unpaired) electrons. The molecule has 0 atom stereocenters. The molecule has 0 aromatic rings. The van der Waals surface area contributed by atoms with Crippen molar-refractivity contribution in [3.8, 4) is 0 Å². The topological polar surface area (TPSA) is 84.9 Å². The lowest BCUT2D eigenvalue weighted by molar-refractivity contribution is 0.0736. The van der Waals surface area contributed by atoms with Gasteiger partial charge < -0.3 is 14.6 Å². The molecule has 0 aromatic heterocycles. The highest BCUT2D eigenvalue weighted by Crippen LogP contribution is 1.93. The van der Waals surface area contributed by atoms with E-state index in [0.29, 0.717) is 32.7 Å². The van der Waals surface area contributed by atoms with Gasteiger partial charge in [0.15, 0.2) is 0 Å². The molecule has 16 heavy (non-hydrogen) atoms. The van der Waals surface area contributed by atoms with Crippen LogP contribution in [0.4, 0.5) is 0 Å². The number of aliphatic hydroxyl groups excluding tert-OH is 1. The summed E-state index contributed by atoms with van der Waals surface area (Å²) in [6, 6.07) is 0. The molecule has 0 unspecified atom stereocenters. The van der Waals surface area contributed by atoms with E-state index in [4.69, 9.17) is 14.6 Å². The summed E-state index contributed by atoms with van der Waals surface area (Å²) in [4.78, 5) is 0. The van der Waals surface area contributed by atoms with Gasteiger partial charge in [-0.2, -0.15) is 0 Å². The number of nitrogens with one attached hydrogen (secondary N) is 1. The molecule has 0 aliphatic carbocycles. The highest BCUT2D eigenvalue weighted by Gasteiger charge is 2.08. The third-order valence-corrected chi connectivity index (χ3v) is 3.29. The van der Waals surface area contributed by atoms with Crippen LogP contribution in [0.15, 0.2) is 0 Å². The number of rotatable bonds is 11. The SMILES string of the molecule is COCCOCCNS(=O)(=O)CCCCO. The van der Waals surface area contributed by atoms with Crippen LogP contribution in [0.1, 0.15) is 12.8 Å². The van der Waals surface area contributed by atoms with Crippen LogP contribution in [-0.2, 0) is 19.5 Å². The summed E-state index contributed by atoms with van der Waals surface area (Å²) < 4.78 is 34.9. The van der Waals surface area contributed by atoms with E-state index >= 15 is 0 Å². The summed E-state index contributed by atoms with van der Waals surface area (Å²) in [7, 11) is -1.64. The lowest BCUT2D eigenvalue weighted by Crippen LogP contribution is -2.30. The third-order valence-electron chi connectivity index (χ3n) is 1.82. The van der Waals surface area contributed by atoms with Crippen molar-refractivity contribution < 1.29 is 23.0 Å². The first kappa shape index (κ1) is 15.8. The van der Waals surface area contributed by atoms with Gasteiger partial charge in [0, 0.05) is 20.3 Å². The average molecular weight is 255 g/mol. The van der Waals surface area contributed by atoms with Crippen LogP contribution >= 0.6 is 0 Å². The van der Waals surface area contributed by atoms with Crippen LogP contribution in [0.25, 0.3) is 0 Å². The van der Waals surface area contributed by atoms with E-state index in [1.165, 1.54) is 0 Å². The lowest BCUT2D eigenvalue weighted by atomic mass is 10.4. The number of sulfonamides is 1. The van der Waals surface area contributed by atoms with E-state index in [-0.39, 0.29) is 18.9 Å². The quantitative estimate of drug-likeness (QED) is 0.479. The summed E-state index contributed by atoms with van der Waals surface area (Å²) in [6.07, 6.45) is 0.974. The van der Waals surface area contributed by atoms with Gasteiger partial charge in [0.05, 0.1) is 25.6 Å². The monoisotopic (exact) mass is 255 g/mol. The van der Waals surface area contributed by atoms with Gasteiger partial charge in [-0.3, -0.25) is 0 Å². The maximum atomic E-state index is 11.3. The maximum Gasteiger partial charge on any atom is 0.211 e. The number of hydrogen-bond donors (Lipinski definition) is 2. The Balaban J connectivity index is 3.43. The van der Waals surface area contributed by atoms with Crippen LogP contribution < -0.4 is 4.72 Å². The van der Waals surface area contributed by atoms with Gasteiger partial charge in [-0.05, 0) is 12.8 Å².